The first-order valence-electron chi connectivity index (χ1n) is 11.3. The first kappa shape index (κ1) is 25.2. The highest BCUT2D eigenvalue weighted by molar-refractivity contribution is 14.1. The van der Waals surface area contributed by atoms with E-state index < -0.39 is 11.9 Å². The van der Waals surface area contributed by atoms with Gasteiger partial charge in [-0.25, -0.2) is 4.79 Å². The second-order valence-electron chi connectivity index (χ2n) is 7.83. The number of imide groups is 1. The van der Waals surface area contributed by atoms with Crippen molar-refractivity contribution in [3.8, 4) is 11.5 Å². The van der Waals surface area contributed by atoms with Crippen LogP contribution in [0.2, 0.25) is 0 Å². The van der Waals surface area contributed by atoms with Crippen LogP contribution in [-0.4, -0.2) is 36.0 Å². The van der Waals surface area contributed by atoms with Crippen molar-refractivity contribution in [1.29, 1.82) is 0 Å². The van der Waals surface area contributed by atoms with Crippen molar-refractivity contribution in [2.75, 3.05) is 18.5 Å². The van der Waals surface area contributed by atoms with Gasteiger partial charge in [0.1, 0.15) is 5.70 Å². The first-order valence-corrected chi connectivity index (χ1v) is 12.3. The van der Waals surface area contributed by atoms with E-state index in [1.165, 1.54) is 4.90 Å². The zero-order valence-corrected chi connectivity index (χ0v) is 21.7. The van der Waals surface area contributed by atoms with Gasteiger partial charge >= 0.3 is 6.03 Å². The third kappa shape index (κ3) is 6.22. The lowest BCUT2D eigenvalue weighted by molar-refractivity contribution is -0.123. The lowest BCUT2D eigenvalue weighted by Gasteiger charge is -2.15. The van der Waals surface area contributed by atoms with Crippen LogP contribution in [0.4, 0.5) is 10.5 Å². The minimum Gasteiger partial charge on any atom is -0.490 e. The molecule has 0 aromatic heterocycles. The molecule has 3 aromatic rings. The molecule has 36 heavy (non-hydrogen) atoms. The van der Waals surface area contributed by atoms with Crippen LogP contribution in [0.15, 0.2) is 78.5 Å². The molecule has 2 N–H and O–H groups in total. The summed E-state index contributed by atoms with van der Waals surface area (Å²) in [6.45, 7) is 2.20. The van der Waals surface area contributed by atoms with E-state index in [0.29, 0.717) is 32.9 Å². The zero-order valence-electron chi connectivity index (χ0n) is 19.5. The normalized spacial score (nSPS) is 14.1. The van der Waals surface area contributed by atoms with E-state index in [0.717, 1.165) is 5.56 Å². The van der Waals surface area contributed by atoms with Crippen LogP contribution in [-0.2, 0) is 16.1 Å². The molecule has 1 saturated heterocycles. The lowest BCUT2D eigenvalue weighted by atomic mass is 10.1. The van der Waals surface area contributed by atoms with Crippen molar-refractivity contribution in [2.45, 2.75) is 13.5 Å². The fraction of sp³-hybridized carbons (Fsp3) is 0.148. The van der Waals surface area contributed by atoms with Crippen LogP contribution in [0, 0.1) is 3.57 Å². The summed E-state index contributed by atoms with van der Waals surface area (Å²) in [4.78, 5) is 38.8. The summed E-state index contributed by atoms with van der Waals surface area (Å²) < 4.78 is 12.2. The van der Waals surface area contributed by atoms with Crippen molar-refractivity contribution in [3.05, 3.63) is 93.2 Å². The molecule has 4 rings (SSSR count). The second-order valence-corrected chi connectivity index (χ2v) is 8.99. The number of carbonyl (C=O) groups is 3. The number of carbonyl (C=O) groups excluding carboxylic acids is 3. The molecule has 0 aliphatic carbocycles. The van der Waals surface area contributed by atoms with Gasteiger partial charge in [0.25, 0.3) is 11.8 Å². The Kier molecular flexibility index (Phi) is 8.21. The summed E-state index contributed by atoms with van der Waals surface area (Å²) in [5.74, 6) is 0.148. The Hall–Kier alpha value is -3.86. The van der Waals surface area contributed by atoms with Gasteiger partial charge in [-0.05, 0) is 71.0 Å². The minimum atomic E-state index is -0.473. The smallest absolute Gasteiger partial charge is 0.329 e. The Labute approximate surface area is 222 Å². The highest BCUT2D eigenvalue weighted by Gasteiger charge is 2.33. The summed E-state index contributed by atoms with van der Waals surface area (Å²) in [6, 6.07) is 21.5. The molecule has 3 aromatic carbocycles. The van der Waals surface area contributed by atoms with Gasteiger partial charge < -0.3 is 20.1 Å². The molecule has 0 spiro atoms. The number of amides is 4. The standard InChI is InChI=1S/C27H24IN3O5/c1-2-35-23-15-19(13-21(28)25(23)36-17-24(32)29-20-11-7-4-8-12-20)14-22-26(33)31(27(34)30-22)16-18-9-5-3-6-10-18/h3-15H,2,16-17H2,1H3,(H,29,32)(H,30,34)/b22-14+. The molecule has 1 fully saturated rings. The monoisotopic (exact) mass is 597 g/mol. The molecule has 1 heterocycles. The summed E-state index contributed by atoms with van der Waals surface area (Å²) in [5, 5.41) is 5.42. The van der Waals surface area contributed by atoms with Crippen LogP contribution >= 0.6 is 22.6 Å². The number of hydrogen-bond donors (Lipinski definition) is 2. The van der Waals surface area contributed by atoms with E-state index in [1.54, 1.807) is 30.3 Å². The number of ether oxygens (including phenoxy) is 2. The number of nitrogens with one attached hydrogen (secondary N) is 2. The van der Waals surface area contributed by atoms with Crippen LogP contribution in [0.25, 0.3) is 6.08 Å². The van der Waals surface area contributed by atoms with E-state index in [-0.39, 0.29) is 24.8 Å². The van der Waals surface area contributed by atoms with Crippen LogP contribution in [0.5, 0.6) is 11.5 Å². The predicted molar refractivity (Wildman–Crippen MR) is 144 cm³/mol. The Morgan fingerprint density at radius 2 is 1.72 bits per heavy atom. The molecule has 0 atom stereocenters. The number of halogens is 1. The molecular weight excluding hydrogens is 573 g/mol. The van der Waals surface area contributed by atoms with E-state index >= 15 is 0 Å². The number of nitrogens with zero attached hydrogens (tertiary/aromatic N) is 1. The zero-order chi connectivity index (χ0) is 25.5. The third-order valence-corrected chi connectivity index (χ3v) is 5.99. The number of anilines is 1. The summed E-state index contributed by atoms with van der Waals surface area (Å²) >= 11 is 2.09. The van der Waals surface area contributed by atoms with E-state index in [2.05, 4.69) is 33.2 Å². The Morgan fingerprint density at radius 1 is 1.03 bits per heavy atom. The molecule has 4 amide bonds. The number of benzene rings is 3. The topological polar surface area (TPSA) is 97.0 Å². The summed E-state index contributed by atoms with van der Waals surface area (Å²) in [7, 11) is 0. The second kappa shape index (κ2) is 11.7. The maximum atomic E-state index is 12.9. The van der Waals surface area contributed by atoms with Gasteiger partial charge in [-0.15, -0.1) is 0 Å². The van der Waals surface area contributed by atoms with E-state index in [4.69, 9.17) is 9.47 Å². The van der Waals surface area contributed by atoms with Crippen LogP contribution in [0.3, 0.4) is 0 Å². The number of para-hydroxylation sites is 1. The van der Waals surface area contributed by atoms with E-state index in [9.17, 15) is 14.4 Å². The Bertz CT molecular complexity index is 1300. The van der Waals surface area contributed by atoms with Crippen molar-refractivity contribution in [1.82, 2.24) is 10.2 Å². The molecule has 184 valence electrons. The summed E-state index contributed by atoms with van der Waals surface area (Å²) in [6.07, 6.45) is 1.60. The molecule has 0 radical (unpaired) electrons. The number of rotatable bonds is 9. The van der Waals surface area contributed by atoms with Gasteiger partial charge in [-0.1, -0.05) is 48.5 Å². The highest BCUT2D eigenvalue weighted by atomic mass is 127. The molecule has 0 bridgehead atoms. The van der Waals surface area contributed by atoms with Gasteiger partial charge in [0.2, 0.25) is 0 Å². The van der Waals surface area contributed by atoms with Gasteiger partial charge in [0.15, 0.2) is 18.1 Å². The molecule has 1 aliphatic heterocycles. The molecule has 8 nitrogen and oxygen atoms in total. The minimum absolute atomic E-state index is 0.171. The molecule has 9 heteroatoms. The predicted octanol–water partition coefficient (Wildman–Crippen LogP) is 4.80. The van der Waals surface area contributed by atoms with Gasteiger partial charge in [-0.3, -0.25) is 14.5 Å². The Balaban J connectivity index is 1.49. The van der Waals surface area contributed by atoms with Gasteiger partial charge in [0.05, 0.1) is 16.7 Å². The quantitative estimate of drug-likeness (QED) is 0.210. The molecule has 0 saturated carbocycles. The average molecular weight is 597 g/mol. The van der Waals surface area contributed by atoms with Gasteiger partial charge in [0, 0.05) is 5.69 Å². The highest BCUT2D eigenvalue weighted by Crippen LogP contribution is 2.35. The number of urea groups is 1. The molecule has 1 aliphatic rings. The first-order chi connectivity index (χ1) is 17.4. The molecular formula is C27H24IN3O5. The largest absolute Gasteiger partial charge is 0.490 e. The van der Waals surface area contributed by atoms with Crippen LogP contribution in [0.1, 0.15) is 18.1 Å². The van der Waals surface area contributed by atoms with Crippen molar-refractivity contribution in [2.24, 2.45) is 0 Å². The van der Waals surface area contributed by atoms with E-state index in [1.807, 2.05) is 55.5 Å². The van der Waals surface area contributed by atoms with Crippen LogP contribution < -0.4 is 20.1 Å². The van der Waals surface area contributed by atoms with Crippen molar-refractivity contribution >= 4 is 52.2 Å². The van der Waals surface area contributed by atoms with Crippen molar-refractivity contribution < 1.29 is 23.9 Å². The summed E-state index contributed by atoms with van der Waals surface area (Å²) in [5.41, 5.74) is 2.35. The maximum Gasteiger partial charge on any atom is 0.329 e. The van der Waals surface area contributed by atoms with Crippen molar-refractivity contribution in [3.63, 3.8) is 0 Å². The maximum absolute atomic E-state index is 12.9. The number of hydrogen-bond acceptors (Lipinski definition) is 5. The SMILES string of the molecule is CCOc1cc(/C=C2/NC(=O)N(Cc3ccccc3)C2=O)cc(I)c1OCC(=O)Nc1ccccc1. The fourth-order valence-corrected chi connectivity index (χ4v) is 4.36. The molecule has 0 unspecified atom stereocenters. The Morgan fingerprint density at radius 3 is 2.42 bits per heavy atom. The van der Waals surface area contributed by atoms with Gasteiger partial charge in [-0.2, -0.15) is 0 Å². The fourth-order valence-electron chi connectivity index (χ4n) is 3.58. The lowest BCUT2D eigenvalue weighted by Crippen LogP contribution is -2.30. The third-order valence-electron chi connectivity index (χ3n) is 5.19. The average Bonchev–Trinajstić information content (AvgIpc) is 3.12.